The maximum Gasteiger partial charge on any atom is 0.231 e. The third kappa shape index (κ3) is 1.72. The molecule has 0 fully saturated rings. The van der Waals surface area contributed by atoms with Gasteiger partial charge in [0.2, 0.25) is 6.79 Å². The summed E-state index contributed by atoms with van der Waals surface area (Å²) < 4.78 is 11.6. The Balaban J connectivity index is 2.35. The van der Waals surface area contributed by atoms with Gasteiger partial charge in [0.15, 0.2) is 11.5 Å². The van der Waals surface area contributed by atoms with Crippen LogP contribution in [0.1, 0.15) is 12.5 Å². The highest BCUT2D eigenvalue weighted by Crippen LogP contribution is 2.41. The van der Waals surface area contributed by atoms with Gasteiger partial charge in [0.05, 0.1) is 4.47 Å². The lowest BCUT2D eigenvalue weighted by atomic mass is 10.1. The Morgan fingerprint density at radius 2 is 2.29 bits per heavy atom. The lowest BCUT2D eigenvalue weighted by molar-refractivity contribution is 0.173. The molecule has 1 unspecified atom stereocenters. The summed E-state index contributed by atoms with van der Waals surface area (Å²) in [5.74, 6) is 1.59. The van der Waals surface area contributed by atoms with Crippen LogP contribution < -0.4 is 15.2 Å². The molecule has 2 N–H and O–H groups in total. The fraction of sp³-hybridized carbons (Fsp3) is 0.400. The van der Waals surface area contributed by atoms with E-state index in [1.165, 1.54) is 0 Å². The van der Waals surface area contributed by atoms with Crippen LogP contribution in [0.4, 0.5) is 0 Å². The number of fused-ring (bicyclic) bond motifs is 1. The van der Waals surface area contributed by atoms with Gasteiger partial charge in [0.25, 0.3) is 0 Å². The summed E-state index contributed by atoms with van der Waals surface area (Å²) in [6.07, 6.45) is 0.831. The predicted molar refractivity (Wildman–Crippen MR) is 57.6 cm³/mol. The first-order valence-corrected chi connectivity index (χ1v) is 5.30. The first kappa shape index (κ1) is 9.80. The first-order chi connectivity index (χ1) is 6.68. The maximum atomic E-state index is 5.75. The van der Waals surface area contributed by atoms with Crippen LogP contribution in [0, 0.1) is 0 Å². The average molecular weight is 258 g/mol. The average Bonchev–Trinajstić information content (AvgIpc) is 2.57. The Kier molecular flexibility index (Phi) is 2.65. The summed E-state index contributed by atoms with van der Waals surface area (Å²) in [5.41, 5.74) is 6.90. The first-order valence-electron chi connectivity index (χ1n) is 4.51. The van der Waals surface area contributed by atoms with Gasteiger partial charge in [0, 0.05) is 6.04 Å². The van der Waals surface area contributed by atoms with E-state index in [9.17, 15) is 0 Å². The Labute approximate surface area is 91.3 Å². The fourth-order valence-electron chi connectivity index (χ4n) is 1.48. The third-order valence-electron chi connectivity index (χ3n) is 2.10. The molecule has 1 aliphatic heterocycles. The van der Waals surface area contributed by atoms with Gasteiger partial charge in [-0.3, -0.25) is 0 Å². The van der Waals surface area contributed by atoms with E-state index in [0.29, 0.717) is 6.79 Å². The van der Waals surface area contributed by atoms with E-state index in [-0.39, 0.29) is 6.04 Å². The highest BCUT2D eigenvalue weighted by molar-refractivity contribution is 9.10. The molecule has 3 nitrogen and oxygen atoms in total. The SMILES string of the molecule is CC(N)Cc1ccc2c(c1Br)OCO2. The Morgan fingerprint density at radius 1 is 1.50 bits per heavy atom. The van der Waals surface area contributed by atoms with Crippen molar-refractivity contribution in [1.82, 2.24) is 0 Å². The van der Waals surface area contributed by atoms with Crippen LogP contribution in [0.2, 0.25) is 0 Å². The molecule has 0 bridgehead atoms. The van der Waals surface area contributed by atoms with Crippen molar-refractivity contribution in [2.45, 2.75) is 19.4 Å². The zero-order chi connectivity index (χ0) is 10.1. The minimum Gasteiger partial charge on any atom is -0.454 e. The summed E-state index contributed by atoms with van der Waals surface area (Å²) in [7, 11) is 0. The minimum absolute atomic E-state index is 0.145. The van der Waals surface area contributed by atoms with Gasteiger partial charge < -0.3 is 15.2 Å². The van der Waals surface area contributed by atoms with Crippen molar-refractivity contribution in [2.75, 3.05) is 6.79 Å². The molecule has 0 saturated carbocycles. The summed E-state index contributed by atoms with van der Waals surface area (Å²) >= 11 is 3.50. The molecule has 14 heavy (non-hydrogen) atoms. The number of hydrogen-bond acceptors (Lipinski definition) is 3. The van der Waals surface area contributed by atoms with Crippen molar-refractivity contribution >= 4 is 15.9 Å². The van der Waals surface area contributed by atoms with E-state index in [2.05, 4.69) is 15.9 Å². The fourth-order valence-corrected chi connectivity index (χ4v) is 2.09. The molecule has 0 spiro atoms. The van der Waals surface area contributed by atoms with Crippen molar-refractivity contribution in [3.8, 4) is 11.5 Å². The molecule has 1 aromatic rings. The predicted octanol–water partition coefficient (Wildman–Crippen LogP) is 2.07. The minimum atomic E-state index is 0.145. The molecule has 1 aliphatic rings. The van der Waals surface area contributed by atoms with Crippen molar-refractivity contribution in [3.63, 3.8) is 0 Å². The number of halogens is 1. The number of nitrogens with two attached hydrogens (primary N) is 1. The van der Waals surface area contributed by atoms with E-state index in [1.54, 1.807) is 0 Å². The van der Waals surface area contributed by atoms with Crippen LogP contribution in [0.15, 0.2) is 16.6 Å². The standard InChI is InChI=1S/C10H12BrNO2/c1-6(12)4-7-2-3-8-10(9(7)11)14-5-13-8/h2-3,6H,4-5,12H2,1H3. The van der Waals surface area contributed by atoms with E-state index >= 15 is 0 Å². The summed E-state index contributed by atoms with van der Waals surface area (Å²) in [4.78, 5) is 0. The maximum absolute atomic E-state index is 5.75. The largest absolute Gasteiger partial charge is 0.454 e. The smallest absolute Gasteiger partial charge is 0.231 e. The van der Waals surface area contributed by atoms with Gasteiger partial charge in [0.1, 0.15) is 0 Å². The van der Waals surface area contributed by atoms with E-state index in [0.717, 1.165) is 28.0 Å². The number of rotatable bonds is 2. The van der Waals surface area contributed by atoms with Gasteiger partial charge >= 0.3 is 0 Å². The van der Waals surface area contributed by atoms with Crippen molar-refractivity contribution in [2.24, 2.45) is 5.73 Å². The molecule has 0 amide bonds. The molecule has 2 rings (SSSR count). The normalized spacial score (nSPS) is 15.6. The van der Waals surface area contributed by atoms with Crippen LogP contribution in [0.5, 0.6) is 11.5 Å². The molecule has 1 heterocycles. The van der Waals surface area contributed by atoms with Crippen molar-refractivity contribution in [3.05, 3.63) is 22.2 Å². The molecule has 0 aliphatic carbocycles. The quantitative estimate of drug-likeness (QED) is 0.883. The Hall–Kier alpha value is -0.740. The number of hydrogen-bond donors (Lipinski definition) is 1. The lowest BCUT2D eigenvalue weighted by Crippen LogP contribution is -2.17. The molecule has 76 valence electrons. The molecule has 1 aromatic carbocycles. The molecule has 0 radical (unpaired) electrons. The van der Waals surface area contributed by atoms with E-state index in [1.807, 2.05) is 19.1 Å². The lowest BCUT2D eigenvalue weighted by Gasteiger charge is -2.09. The zero-order valence-corrected chi connectivity index (χ0v) is 9.50. The zero-order valence-electron chi connectivity index (χ0n) is 7.92. The molecular formula is C10H12BrNO2. The van der Waals surface area contributed by atoms with Gasteiger partial charge in [-0.25, -0.2) is 0 Å². The highest BCUT2D eigenvalue weighted by atomic mass is 79.9. The topological polar surface area (TPSA) is 44.5 Å². The van der Waals surface area contributed by atoms with Crippen molar-refractivity contribution in [1.29, 1.82) is 0 Å². The molecule has 0 saturated heterocycles. The molecular weight excluding hydrogens is 246 g/mol. The van der Waals surface area contributed by atoms with Crippen LogP contribution in [0.25, 0.3) is 0 Å². The third-order valence-corrected chi connectivity index (χ3v) is 2.97. The Morgan fingerprint density at radius 3 is 3.00 bits per heavy atom. The second-order valence-corrected chi connectivity index (χ2v) is 4.25. The highest BCUT2D eigenvalue weighted by Gasteiger charge is 2.19. The second-order valence-electron chi connectivity index (χ2n) is 3.45. The van der Waals surface area contributed by atoms with Gasteiger partial charge in [-0.2, -0.15) is 0 Å². The van der Waals surface area contributed by atoms with E-state index in [4.69, 9.17) is 15.2 Å². The molecule has 0 aromatic heterocycles. The van der Waals surface area contributed by atoms with E-state index < -0.39 is 0 Å². The van der Waals surface area contributed by atoms with Gasteiger partial charge in [-0.1, -0.05) is 6.07 Å². The second kappa shape index (κ2) is 3.79. The van der Waals surface area contributed by atoms with Crippen LogP contribution in [-0.2, 0) is 6.42 Å². The molecule has 1 atom stereocenters. The summed E-state index contributed by atoms with van der Waals surface area (Å²) in [5, 5.41) is 0. The van der Waals surface area contributed by atoms with Crippen LogP contribution >= 0.6 is 15.9 Å². The molecule has 4 heteroatoms. The van der Waals surface area contributed by atoms with Crippen molar-refractivity contribution < 1.29 is 9.47 Å². The van der Waals surface area contributed by atoms with Crippen LogP contribution in [0.3, 0.4) is 0 Å². The summed E-state index contributed by atoms with van der Waals surface area (Å²) in [6, 6.07) is 4.08. The number of benzene rings is 1. The van der Waals surface area contributed by atoms with Crippen LogP contribution in [-0.4, -0.2) is 12.8 Å². The number of ether oxygens (including phenoxy) is 2. The summed E-state index contributed by atoms with van der Waals surface area (Å²) in [6.45, 7) is 2.28. The van der Waals surface area contributed by atoms with Gasteiger partial charge in [-0.15, -0.1) is 0 Å². The Bertz CT molecular complexity index is 352. The van der Waals surface area contributed by atoms with Gasteiger partial charge in [-0.05, 0) is 40.9 Å². The monoisotopic (exact) mass is 257 g/mol.